The van der Waals surface area contributed by atoms with Crippen molar-refractivity contribution in [3.8, 4) is 0 Å². The number of amides is 1. The molecule has 0 aliphatic rings. The molecule has 2 N–H and O–H groups in total. The monoisotopic (exact) mass is 309 g/mol. The maximum atomic E-state index is 12.3. The zero-order valence-electron chi connectivity index (χ0n) is 13.6. The summed E-state index contributed by atoms with van der Waals surface area (Å²) >= 11 is 0. The molecule has 1 aromatic rings. The van der Waals surface area contributed by atoms with Gasteiger partial charge in [-0.1, -0.05) is 13.8 Å². The minimum absolute atomic E-state index is 0.00366. The number of nitrogens with zero attached hydrogens (tertiary/aromatic N) is 2. The smallest absolute Gasteiger partial charge is 0.308 e. The van der Waals surface area contributed by atoms with E-state index < -0.39 is 23.4 Å². The normalized spacial score (nSPS) is 12.3. The molecule has 1 unspecified atom stereocenters. The van der Waals surface area contributed by atoms with Crippen molar-refractivity contribution in [3.05, 3.63) is 27.2 Å². The minimum Gasteiger partial charge on any atom is -0.481 e. The highest BCUT2D eigenvalue weighted by atomic mass is 16.4. The van der Waals surface area contributed by atoms with Gasteiger partial charge in [-0.25, -0.2) is 4.68 Å². The number of aryl methyl sites for hydroxylation is 2. The lowest BCUT2D eigenvalue weighted by Gasteiger charge is -2.16. The molecule has 1 heterocycles. The van der Waals surface area contributed by atoms with Crippen molar-refractivity contribution < 1.29 is 14.7 Å². The number of hydrogen-bond acceptors (Lipinski definition) is 4. The van der Waals surface area contributed by atoms with Crippen LogP contribution >= 0.6 is 0 Å². The zero-order valence-corrected chi connectivity index (χ0v) is 13.6. The average Bonchev–Trinajstić information content (AvgIpc) is 2.40. The molecule has 1 atom stereocenters. The Bertz CT molecular complexity index is 634. The summed E-state index contributed by atoms with van der Waals surface area (Å²) in [5.74, 6) is -1.98. The van der Waals surface area contributed by atoms with Crippen LogP contribution in [0, 0.1) is 25.7 Å². The molecule has 7 nitrogen and oxygen atoms in total. The van der Waals surface area contributed by atoms with Gasteiger partial charge in [-0.2, -0.15) is 5.10 Å². The fraction of sp³-hybridized carbons (Fsp3) is 0.600. The number of aromatic nitrogens is 2. The first-order chi connectivity index (χ1) is 10.1. The third-order valence-electron chi connectivity index (χ3n) is 3.57. The van der Waals surface area contributed by atoms with E-state index in [-0.39, 0.29) is 18.0 Å². The van der Waals surface area contributed by atoms with E-state index in [1.807, 2.05) is 13.8 Å². The molecule has 0 radical (unpaired) electrons. The minimum atomic E-state index is -0.954. The summed E-state index contributed by atoms with van der Waals surface area (Å²) in [5.41, 5.74) is 0.626. The number of carboxylic acids is 1. The fourth-order valence-corrected chi connectivity index (χ4v) is 2.26. The number of rotatable bonds is 6. The number of carboxylic acid groups (broad SMARTS) is 1. The molecule has 1 amide bonds. The highest BCUT2D eigenvalue weighted by Crippen LogP contribution is 2.12. The Labute approximate surface area is 129 Å². The molecular formula is C15H23N3O4. The van der Waals surface area contributed by atoms with Gasteiger partial charge in [0.25, 0.3) is 11.5 Å². The molecule has 22 heavy (non-hydrogen) atoms. The molecule has 0 saturated heterocycles. The van der Waals surface area contributed by atoms with Crippen molar-refractivity contribution in [2.45, 2.75) is 34.1 Å². The zero-order chi connectivity index (χ0) is 17.0. The van der Waals surface area contributed by atoms with Crippen molar-refractivity contribution in [1.29, 1.82) is 0 Å². The number of aliphatic carboxylic acids is 1. The van der Waals surface area contributed by atoms with Crippen molar-refractivity contribution in [2.24, 2.45) is 18.9 Å². The van der Waals surface area contributed by atoms with Gasteiger partial charge in [0.15, 0.2) is 0 Å². The van der Waals surface area contributed by atoms with Gasteiger partial charge in [0.2, 0.25) is 0 Å². The van der Waals surface area contributed by atoms with Crippen LogP contribution in [-0.2, 0) is 11.8 Å². The molecule has 7 heteroatoms. The summed E-state index contributed by atoms with van der Waals surface area (Å²) in [6, 6.07) is 0. The highest BCUT2D eigenvalue weighted by Gasteiger charge is 2.22. The molecule has 0 aliphatic carbocycles. The molecule has 1 rings (SSSR count). The SMILES string of the molecule is Cc1nn(C)c(=O)c(C(=O)NCC(CC(C)C)C(=O)O)c1C. The summed E-state index contributed by atoms with van der Waals surface area (Å²) in [5, 5.41) is 15.7. The first kappa shape index (κ1) is 17.9. The average molecular weight is 309 g/mol. The van der Waals surface area contributed by atoms with Crippen molar-refractivity contribution in [3.63, 3.8) is 0 Å². The van der Waals surface area contributed by atoms with Gasteiger partial charge in [-0.3, -0.25) is 14.4 Å². The van der Waals surface area contributed by atoms with E-state index in [0.717, 1.165) is 4.68 Å². The Balaban J connectivity index is 2.95. The fourth-order valence-electron chi connectivity index (χ4n) is 2.26. The predicted octanol–water partition coefficient (Wildman–Crippen LogP) is 0.874. The second-order valence-electron chi connectivity index (χ2n) is 5.89. The van der Waals surface area contributed by atoms with Gasteiger partial charge in [0, 0.05) is 13.6 Å². The van der Waals surface area contributed by atoms with Gasteiger partial charge in [0.1, 0.15) is 5.56 Å². The molecule has 0 bridgehead atoms. The van der Waals surface area contributed by atoms with E-state index in [4.69, 9.17) is 0 Å². The van der Waals surface area contributed by atoms with Crippen LogP contribution in [0.15, 0.2) is 4.79 Å². The Morgan fingerprint density at radius 3 is 2.41 bits per heavy atom. The number of hydrogen-bond donors (Lipinski definition) is 2. The van der Waals surface area contributed by atoms with Gasteiger partial charge in [-0.05, 0) is 31.7 Å². The molecule has 0 aliphatic heterocycles. The van der Waals surface area contributed by atoms with Crippen LogP contribution in [0.1, 0.15) is 41.9 Å². The Hall–Kier alpha value is -2.18. The van der Waals surface area contributed by atoms with Crippen LogP contribution in [0.5, 0.6) is 0 Å². The standard InChI is InChI=1S/C15H23N3O4/c1-8(2)6-11(15(21)22)7-16-13(19)12-9(3)10(4)17-18(5)14(12)20/h8,11H,6-7H2,1-5H3,(H,16,19)(H,21,22). The van der Waals surface area contributed by atoms with Gasteiger partial charge >= 0.3 is 5.97 Å². The van der Waals surface area contributed by atoms with Crippen LogP contribution in [0.2, 0.25) is 0 Å². The summed E-state index contributed by atoms with van der Waals surface area (Å²) < 4.78 is 1.11. The first-order valence-corrected chi connectivity index (χ1v) is 7.20. The lowest BCUT2D eigenvalue weighted by atomic mass is 9.97. The Morgan fingerprint density at radius 2 is 1.91 bits per heavy atom. The van der Waals surface area contributed by atoms with Crippen LogP contribution in [0.3, 0.4) is 0 Å². The summed E-state index contributed by atoms with van der Waals surface area (Å²) in [6.45, 7) is 7.20. The van der Waals surface area contributed by atoms with Crippen LogP contribution in [-0.4, -0.2) is 33.3 Å². The summed E-state index contributed by atoms with van der Waals surface area (Å²) in [6.07, 6.45) is 0.460. The highest BCUT2D eigenvalue weighted by molar-refractivity contribution is 5.95. The van der Waals surface area contributed by atoms with E-state index in [1.165, 1.54) is 7.05 Å². The lowest BCUT2D eigenvalue weighted by molar-refractivity contribution is -0.142. The van der Waals surface area contributed by atoms with Crippen molar-refractivity contribution in [2.75, 3.05) is 6.54 Å². The van der Waals surface area contributed by atoms with Crippen LogP contribution < -0.4 is 10.9 Å². The third kappa shape index (κ3) is 4.16. The molecule has 0 aromatic carbocycles. The van der Waals surface area contributed by atoms with Gasteiger partial charge in [0.05, 0.1) is 11.6 Å². The van der Waals surface area contributed by atoms with Gasteiger partial charge in [-0.15, -0.1) is 0 Å². The number of carbonyl (C=O) groups excluding carboxylic acids is 1. The molecule has 0 fully saturated rings. The summed E-state index contributed by atoms with van der Waals surface area (Å²) in [7, 11) is 1.48. The second kappa shape index (κ2) is 7.20. The number of nitrogens with one attached hydrogen (secondary N) is 1. The molecule has 0 saturated carbocycles. The van der Waals surface area contributed by atoms with E-state index in [9.17, 15) is 19.5 Å². The lowest BCUT2D eigenvalue weighted by Crippen LogP contribution is -2.38. The van der Waals surface area contributed by atoms with E-state index in [0.29, 0.717) is 17.7 Å². The second-order valence-corrected chi connectivity index (χ2v) is 5.89. The maximum absolute atomic E-state index is 12.3. The molecule has 0 spiro atoms. The van der Waals surface area contributed by atoms with Crippen LogP contribution in [0.4, 0.5) is 0 Å². The van der Waals surface area contributed by atoms with Crippen molar-refractivity contribution >= 4 is 11.9 Å². The topological polar surface area (TPSA) is 101 Å². The first-order valence-electron chi connectivity index (χ1n) is 7.20. The molecule has 122 valence electrons. The molecule has 1 aromatic heterocycles. The quantitative estimate of drug-likeness (QED) is 0.812. The Morgan fingerprint density at radius 1 is 1.32 bits per heavy atom. The van der Waals surface area contributed by atoms with Crippen molar-refractivity contribution in [1.82, 2.24) is 15.1 Å². The largest absolute Gasteiger partial charge is 0.481 e. The summed E-state index contributed by atoms with van der Waals surface area (Å²) in [4.78, 5) is 35.5. The molecular weight excluding hydrogens is 286 g/mol. The van der Waals surface area contributed by atoms with Gasteiger partial charge < -0.3 is 10.4 Å². The number of carbonyl (C=O) groups is 2. The van der Waals surface area contributed by atoms with Crippen LogP contribution in [0.25, 0.3) is 0 Å². The van der Waals surface area contributed by atoms with E-state index in [1.54, 1.807) is 13.8 Å². The maximum Gasteiger partial charge on any atom is 0.308 e. The predicted molar refractivity (Wildman–Crippen MR) is 81.9 cm³/mol. The van der Waals surface area contributed by atoms with E-state index in [2.05, 4.69) is 10.4 Å². The van der Waals surface area contributed by atoms with E-state index >= 15 is 0 Å². The Kier molecular flexibility index (Phi) is 5.84. The third-order valence-corrected chi connectivity index (χ3v) is 3.57.